The lowest BCUT2D eigenvalue weighted by Gasteiger charge is -2.41. The standard InChI is InChI=1S/C25H30ClFN4O3/c1-16-14-30(7-8-31(16)25(33)23-4-3-9-34-23)15-19-10-20(26)11-22(17(19)2)29-24(32)18-5-6-21(12-27)28-13-18/h5-6,10-11,13,16,23H,3-4,7-9,12,14-15H2,1-2H3,(H,29,32)/t16-,23+/m0/s1. The van der Waals surface area contributed by atoms with Gasteiger partial charge in [0.05, 0.1) is 11.3 Å². The monoisotopic (exact) mass is 488 g/mol. The van der Waals surface area contributed by atoms with Crippen LogP contribution in [0.4, 0.5) is 10.1 Å². The maximum absolute atomic E-state index is 12.8. The lowest BCUT2D eigenvalue weighted by molar-refractivity contribution is -0.145. The van der Waals surface area contributed by atoms with Crippen LogP contribution >= 0.6 is 11.6 Å². The zero-order valence-electron chi connectivity index (χ0n) is 19.5. The number of ether oxygens (including phenoxy) is 1. The van der Waals surface area contributed by atoms with Gasteiger partial charge in [-0.2, -0.15) is 0 Å². The van der Waals surface area contributed by atoms with Crippen LogP contribution in [0.5, 0.6) is 0 Å². The van der Waals surface area contributed by atoms with E-state index in [1.54, 1.807) is 12.1 Å². The number of nitrogens with zero attached hydrogens (tertiary/aromatic N) is 3. The number of aromatic nitrogens is 1. The van der Waals surface area contributed by atoms with Gasteiger partial charge in [0.25, 0.3) is 11.8 Å². The maximum Gasteiger partial charge on any atom is 0.257 e. The van der Waals surface area contributed by atoms with Crippen molar-refractivity contribution in [2.45, 2.75) is 52.1 Å². The zero-order valence-corrected chi connectivity index (χ0v) is 20.3. The largest absolute Gasteiger partial charge is 0.368 e. The predicted molar refractivity (Wildman–Crippen MR) is 129 cm³/mol. The third-order valence-corrected chi connectivity index (χ3v) is 6.76. The lowest BCUT2D eigenvalue weighted by atomic mass is 10.0. The molecule has 4 rings (SSSR count). The van der Waals surface area contributed by atoms with Crippen molar-refractivity contribution in [3.8, 4) is 0 Å². The summed E-state index contributed by atoms with van der Waals surface area (Å²) >= 11 is 6.38. The minimum Gasteiger partial charge on any atom is -0.368 e. The molecule has 2 saturated heterocycles. The van der Waals surface area contributed by atoms with Crippen LogP contribution in [-0.2, 0) is 22.8 Å². The summed E-state index contributed by atoms with van der Waals surface area (Å²) < 4.78 is 18.3. The van der Waals surface area contributed by atoms with E-state index in [2.05, 4.69) is 22.1 Å². The van der Waals surface area contributed by atoms with Crippen LogP contribution in [0.2, 0.25) is 5.02 Å². The van der Waals surface area contributed by atoms with Crippen molar-refractivity contribution in [1.82, 2.24) is 14.8 Å². The number of benzene rings is 1. The number of amides is 2. The summed E-state index contributed by atoms with van der Waals surface area (Å²) in [7, 11) is 0. The number of rotatable bonds is 6. The van der Waals surface area contributed by atoms with Gasteiger partial charge in [0, 0.05) is 55.7 Å². The van der Waals surface area contributed by atoms with Gasteiger partial charge in [0.1, 0.15) is 12.8 Å². The number of carbonyl (C=O) groups excluding carboxylic acids is 2. The van der Waals surface area contributed by atoms with E-state index in [4.69, 9.17) is 16.3 Å². The zero-order chi connectivity index (χ0) is 24.2. The van der Waals surface area contributed by atoms with Crippen LogP contribution in [0.15, 0.2) is 30.5 Å². The predicted octanol–water partition coefficient (Wildman–Crippen LogP) is 3.98. The molecular formula is C25H30ClFN4O3. The summed E-state index contributed by atoms with van der Waals surface area (Å²) in [6, 6.07) is 6.78. The first kappa shape index (κ1) is 24.6. The Morgan fingerprint density at radius 1 is 1.29 bits per heavy atom. The van der Waals surface area contributed by atoms with Gasteiger partial charge in [0.15, 0.2) is 0 Å². The molecule has 2 aliphatic rings. The van der Waals surface area contributed by atoms with E-state index in [0.717, 1.165) is 37.1 Å². The van der Waals surface area contributed by atoms with Crippen LogP contribution in [0.25, 0.3) is 0 Å². The lowest BCUT2D eigenvalue weighted by Crippen LogP contribution is -2.55. The van der Waals surface area contributed by atoms with Gasteiger partial charge in [0.2, 0.25) is 0 Å². The van der Waals surface area contributed by atoms with E-state index >= 15 is 0 Å². The Hall–Kier alpha value is -2.55. The number of hydrogen-bond donors (Lipinski definition) is 1. The number of carbonyl (C=O) groups is 2. The molecule has 2 amide bonds. The quantitative estimate of drug-likeness (QED) is 0.665. The second kappa shape index (κ2) is 10.8. The average Bonchev–Trinajstić information content (AvgIpc) is 3.37. The Bertz CT molecular complexity index is 1040. The summed E-state index contributed by atoms with van der Waals surface area (Å²) in [5, 5.41) is 3.43. The van der Waals surface area contributed by atoms with Crippen molar-refractivity contribution < 1.29 is 18.7 Å². The molecule has 7 nitrogen and oxygen atoms in total. The highest BCUT2D eigenvalue weighted by Crippen LogP contribution is 2.27. The molecule has 2 aromatic rings. The normalized spacial score (nSPS) is 21.0. The molecule has 1 aromatic heterocycles. The molecule has 2 atom stereocenters. The Balaban J connectivity index is 1.41. The molecule has 0 spiro atoms. The van der Waals surface area contributed by atoms with E-state index in [0.29, 0.717) is 36.0 Å². The van der Waals surface area contributed by atoms with Gasteiger partial charge in [-0.05, 0) is 62.1 Å². The molecule has 0 unspecified atom stereocenters. The van der Waals surface area contributed by atoms with Crippen molar-refractivity contribution >= 4 is 29.1 Å². The van der Waals surface area contributed by atoms with Crippen molar-refractivity contribution in [2.75, 3.05) is 31.6 Å². The van der Waals surface area contributed by atoms with Crippen LogP contribution < -0.4 is 5.32 Å². The summed E-state index contributed by atoms with van der Waals surface area (Å²) in [6.45, 7) is 6.83. The minimum atomic E-state index is -0.673. The van der Waals surface area contributed by atoms with Crippen LogP contribution in [0.1, 0.15) is 46.9 Å². The van der Waals surface area contributed by atoms with E-state index in [1.807, 2.05) is 17.9 Å². The Kier molecular flexibility index (Phi) is 7.80. The number of alkyl halides is 1. The number of halogens is 2. The van der Waals surface area contributed by atoms with Gasteiger partial charge in [-0.1, -0.05) is 11.6 Å². The van der Waals surface area contributed by atoms with Gasteiger partial charge < -0.3 is 15.0 Å². The van der Waals surface area contributed by atoms with Crippen LogP contribution in [0, 0.1) is 6.92 Å². The fourth-order valence-electron chi connectivity index (χ4n) is 4.56. The molecule has 1 N–H and O–H groups in total. The van der Waals surface area contributed by atoms with Gasteiger partial charge in [-0.3, -0.25) is 19.5 Å². The minimum absolute atomic E-state index is 0.0869. The number of anilines is 1. The highest BCUT2D eigenvalue weighted by molar-refractivity contribution is 6.31. The number of nitrogens with one attached hydrogen (secondary N) is 1. The molecule has 2 fully saturated rings. The van der Waals surface area contributed by atoms with Gasteiger partial charge in [-0.15, -0.1) is 0 Å². The molecule has 3 heterocycles. The molecule has 2 aliphatic heterocycles. The average molecular weight is 489 g/mol. The number of piperazine rings is 1. The molecular weight excluding hydrogens is 459 g/mol. The summed E-state index contributed by atoms with van der Waals surface area (Å²) in [5.41, 5.74) is 3.20. The van der Waals surface area contributed by atoms with Crippen LogP contribution in [-0.4, -0.2) is 65.0 Å². The molecule has 9 heteroatoms. The first-order chi connectivity index (χ1) is 16.4. The SMILES string of the molecule is Cc1c(CN2CCN(C(=O)[C@H]3CCCO3)[C@@H](C)C2)cc(Cl)cc1NC(=O)c1ccc(CF)nc1. The van der Waals surface area contributed by atoms with E-state index in [1.165, 1.54) is 12.3 Å². The fourth-order valence-corrected chi connectivity index (χ4v) is 4.81. The summed E-state index contributed by atoms with van der Waals surface area (Å²) in [5.74, 6) is -0.230. The first-order valence-electron chi connectivity index (χ1n) is 11.6. The Morgan fingerprint density at radius 3 is 2.76 bits per heavy atom. The number of hydrogen-bond acceptors (Lipinski definition) is 5. The molecule has 0 radical (unpaired) electrons. The molecule has 34 heavy (non-hydrogen) atoms. The maximum atomic E-state index is 12.8. The summed E-state index contributed by atoms with van der Waals surface area (Å²) in [6.07, 6.45) is 2.82. The van der Waals surface area contributed by atoms with Crippen molar-refractivity contribution in [1.29, 1.82) is 0 Å². The van der Waals surface area contributed by atoms with E-state index in [-0.39, 0.29) is 29.7 Å². The summed E-state index contributed by atoms with van der Waals surface area (Å²) in [4.78, 5) is 33.6. The topological polar surface area (TPSA) is 74.8 Å². The van der Waals surface area contributed by atoms with Crippen molar-refractivity contribution in [3.05, 3.63) is 57.9 Å². The van der Waals surface area contributed by atoms with Gasteiger partial charge in [-0.25, -0.2) is 4.39 Å². The van der Waals surface area contributed by atoms with Crippen molar-refractivity contribution in [3.63, 3.8) is 0 Å². The third-order valence-electron chi connectivity index (χ3n) is 6.55. The van der Waals surface area contributed by atoms with E-state index < -0.39 is 6.67 Å². The molecule has 0 saturated carbocycles. The molecule has 0 bridgehead atoms. The van der Waals surface area contributed by atoms with Crippen molar-refractivity contribution in [2.24, 2.45) is 0 Å². The van der Waals surface area contributed by atoms with Gasteiger partial charge >= 0.3 is 0 Å². The Morgan fingerprint density at radius 2 is 2.12 bits per heavy atom. The highest BCUT2D eigenvalue weighted by Gasteiger charge is 2.34. The Labute approximate surface area is 204 Å². The first-order valence-corrected chi connectivity index (χ1v) is 12.0. The molecule has 182 valence electrons. The van der Waals surface area contributed by atoms with Crippen LogP contribution in [0.3, 0.4) is 0 Å². The second-order valence-corrected chi connectivity index (χ2v) is 9.42. The smallest absolute Gasteiger partial charge is 0.257 e. The second-order valence-electron chi connectivity index (χ2n) is 8.98. The number of pyridine rings is 1. The van der Waals surface area contributed by atoms with E-state index in [9.17, 15) is 14.0 Å². The fraction of sp³-hybridized carbons (Fsp3) is 0.480. The molecule has 0 aliphatic carbocycles. The third kappa shape index (κ3) is 5.56. The molecule has 1 aromatic carbocycles. The highest BCUT2D eigenvalue weighted by atomic mass is 35.5.